The summed E-state index contributed by atoms with van der Waals surface area (Å²) in [5.74, 6) is -2.03. The zero-order chi connectivity index (χ0) is 18.1. The van der Waals surface area contributed by atoms with Gasteiger partial charge in [-0.25, -0.2) is 0 Å². The van der Waals surface area contributed by atoms with E-state index in [0.717, 1.165) is 31.8 Å². The van der Waals surface area contributed by atoms with E-state index in [9.17, 15) is 14.4 Å². The van der Waals surface area contributed by atoms with Gasteiger partial charge >= 0.3 is 36.9 Å². The molecule has 0 spiro atoms. The van der Waals surface area contributed by atoms with Crippen LogP contribution in [0.1, 0.15) is 20.8 Å². The van der Waals surface area contributed by atoms with Crippen LogP contribution in [0.15, 0.2) is 42.5 Å². The SMILES string of the molecule is CC(=O)O[BH-](OC(C)=O)OC(C)=O.Nc1cccc2ccccc12.[Na+]. The van der Waals surface area contributed by atoms with Gasteiger partial charge in [0.05, 0.1) is 0 Å². The molecule has 9 heteroatoms. The molecule has 0 saturated heterocycles. The van der Waals surface area contributed by atoms with E-state index in [1.54, 1.807) is 0 Å². The van der Waals surface area contributed by atoms with Crippen LogP contribution in [-0.2, 0) is 28.3 Å². The summed E-state index contributed by atoms with van der Waals surface area (Å²) in [7, 11) is -2.41. The molecular formula is C16H19BNNaO6. The fourth-order valence-corrected chi connectivity index (χ4v) is 1.84. The Labute approximate surface area is 168 Å². The molecule has 0 amide bonds. The van der Waals surface area contributed by atoms with E-state index in [4.69, 9.17) is 5.73 Å². The van der Waals surface area contributed by atoms with E-state index >= 15 is 0 Å². The molecule has 0 aliphatic heterocycles. The minimum Gasteiger partial charge on any atom is -0.625 e. The second kappa shape index (κ2) is 11.5. The Kier molecular flexibility index (Phi) is 10.6. The van der Waals surface area contributed by atoms with Crippen LogP contribution >= 0.6 is 0 Å². The molecule has 2 rings (SSSR count). The molecule has 2 aromatic carbocycles. The first-order valence-electron chi connectivity index (χ1n) is 7.20. The van der Waals surface area contributed by atoms with Crippen LogP contribution < -0.4 is 35.3 Å². The number of rotatable bonds is 3. The van der Waals surface area contributed by atoms with E-state index in [2.05, 4.69) is 26.1 Å². The Hall–Kier alpha value is -2.03. The van der Waals surface area contributed by atoms with E-state index in [1.165, 1.54) is 5.39 Å². The summed E-state index contributed by atoms with van der Waals surface area (Å²) in [6.45, 7) is 3.35. The summed E-state index contributed by atoms with van der Waals surface area (Å²) in [5.41, 5.74) is 6.61. The second-order valence-corrected chi connectivity index (χ2v) is 4.83. The molecule has 0 heterocycles. The van der Waals surface area contributed by atoms with E-state index in [0.29, 0.717) is 0 Å². The van der Waals surface area contributed by atoms with Gasteiger partial charge < -0.3 is 19.7 Å². The van der Waals surface area contributed by atoms with Gasteiger partial charge in [-0.1, -0.05) is 36.4 Å². The number of fused-ring (bicyclic) bond motifs is 1. The predicted octanol–water partition coefficient (Wildman–Crippen LogP) is -1.18. The van der Waals surface area contributed by atoms with Crippen molar-refractivity contribution in [2.75, 3.05) is 5.73 Å². The molecule has 25 heavy (non-hydrogen) atoms. The molecule has 0 unspecified atom stereocenters. The number of hydrogen-bond donors (Lipinski definition) is 1. The first kappa shape index (κ1) is 23.0. The van der Waals surface area contributed by atoms with E-state index < -0.39 is 25.2 Å². The fourth-order valence-electron chi connectivity index (χ4n) is 1.84. The third kappa shape index (κ3) is 9.14. The first-order chi connectivity index (χ1) is 11.3. The maximum Gasteiger partial charge on any atom is 1.00 e. The number of carbonyl (C=O) groups excluding carboxylic acids is 3. The Morgan fingerprint density at radius 2 is 1.24 bits per heavy atom. The molecule has 128 valence electrons. The summed E-state index contributed by atoms with van der Waals surface area (Å²) < 4.78 is 13.3. The first-order valence-corrected chi connectivity index (χ1v) is 7.20. The van der Waals surface area contributed by atoms with Crippen molar-refractivity contribution < 1.29 is 57.9 Å². The van der Waals surface area contributed by atoms with Crippen LogP contribution in [0.3, 0.4) is 0 Å². The van der Waals surface area contributed by atoms with Gasteiger partial charge in [-0.15, -0.1) is 0 Å². The van der Waals surface area contributed by atoms with Crippen LogP contribution in [0.2, 0.25) is 0 Å². The van der Waals surface area contributed by atoms with Gasteiger partial charge in [0.1, 0.15) is 0 Å². The predicted molar refractivity (Wildman–Crippen MR) is 90.8 cm³/mol. The maximum atomic E-state index is 10.4. The van der Waals surface area contributed by atoms with Crippen molar-refractivity contribution in [2.45, 2.75) is 20.8 Å². The number of anilines is 1. The normalized spacial score (nSPS) is 9.28. The Balaban J connectivity index is 0.000000446. The summed E-state index contributed by atoms with van der Waals surface area (Å²) >= 11 is 0. The number of nitrogen functional groups attached to an aromatic ring is 1. The molecule has 0 aliphatic carbocycles. The van der Waals surface area contributed by atoms with Gasteiger partial charge in [0, 0.05) is 31.8 Å². The van der Waals surface area contributed by atoms with Crippen LogP contribution in [0.25, 0.3) is 10.8 Å². The van der Waals surface area contributed by atoms with E-state index in [-0.39, 0.29) is 29.6 Å². The van der Waals surface area contributed by atoms with Crippen molar-refractivity contribution in [2.24, 2.45) is 0 Å². The summed E-state index contributed by atoms with van der Waals surface area (Å²) in [6.07, 6.45) is 0. The number of nitrogens with two attached hydrogens (primary N) is 1. The Morgan fingerprint density at radius 3 is 1.68 bits per heavy atom. The topological polar surface area (TPSA) is 105 Å². The largest absolute Gasteiger partial charge is 1.00 e. The average Bonchev–Trinajstić information content (AvgIpc) is 2.46. The quantitative estimate of drug-likeness (QED) is 0.546. The monoisotopic (exact) mass is 355 g/mol. The third-order valence-electron chi connectivity index (χ3n) is 2.79. The van der Waals surface area contributed by atoms with Crippen molar-refractivity contribution in [3.8, 4) is 0 Å². The van der Waals surface area contributed by atoms with Gasteiger partial charge in [-0.05, 0) is 11.5 Å². The molecule has 0 saturated carbocycles. The summed E-state index contributed by atoms with van der Waals surface area (Å²) in [6, 6.07) is 14.1. The Morgan fingerprint density at radius 1 is 0.800 bits per heavy atom. The summed E-state index contributed by atoms with van der Waals surface area (Å²) in [5, 5.41) is 2.34. The number of benzene rings is 2. The standard InChI is InChI=1S/C10H9N.C6H10BO6.Na/c11-10-7-3-5-8-4-1-2-6-9(8)10;1-4(8)11-7(12-5(2)9)13-6(3)10;/h1-7H,11H2;7H,1-3H3;/q;-1;+1. The number of hydrogen-bond acceptors (Lipinski definition) is 7. The van der Waals surface area contributed by atoms with Crippen LogP contribution in [0.4, 0.5) is 5.69 Å². The van der Waals surface area contributed by atoms with Crippen molar-refractivity contribution in [1.29, 1.82) is 0 Å². The molecule has 2 aromatic rings. The molecule has 2 N–H and O–H groups in total. The van der Waals surface area contributed by atoms with Gasteiger partial charge in [0.15, 0.2) is 0 Å². The molecule has 0 atom stereocenters. The summed E-state index contributed by atoms with van der Waals surface area (Å²) in [4.78, 5) is 31.3. The average molecular weight is 355 g/mol. The van der Waals surface area contributed by atoms with Gasteiger partial charge in [-0.3, -0.25) is 14.4 Å². The molecule has 0 radical (unpaired) electrons. The third-order valence-corrected chi connectivity index (χ3v) is 2.79. The second-order valence-electron chi connectivity index (χ2n) is 4.83. The smallest absolute Gasteiger partial charge is 0.625 e. The van der Waals surface area contributed by atoms with Crippen LogP contribution in [0.5, 0.6) is 0 Å². The van der Waals surface area contributed by atoms with Crippen molar-refractivity contribution in [3.05, 3.63) is 42.5 Å². The van der Waals surface area contributed by atoms with Crippen molar-refractivity contribution in [3.63, 3.8) is 0 Å². The minimum atomic E-state index is -2.41. The molecule has 0 aliphatic rings. The fraction of sp³-hybridized carbons (Fsp3) is 0.188. The van der Waals surface area contributed by atoms with E-state index in [1.807, 2.05) is 30.3 Å². The zero-order valence-corrected chi connectivity index (χ0v) is 16.8. The van der Waals surface area contributed by atoms with Crippen LogP contribution in [-0.4, -0.2) is 25.2 Å². The van der Waals surface area contributed by atoms with Crippen LogP contribution in [0, 0.1) is 0 Å². The molecule has 0 aromatic heterocycles. The molecular weight excluding hydrogens is 336 g/mol. The zero-order valence-electron chi connectivity index (χ0n) is 14.8. The minimum absolute atomic E-state index is 0. The van der Waals surface area contributed by atoms with Gasteiger partial charge in [0.25, 0.3) is 17.9 Å². The van der Waals surface area contributed by atoms with Crippen molar-refractivity contribution in [1.82, 2.24) is 0 Å². The van der Waals surface area contributed by atoms with Gasteiger partial charge in [-0.2, -0.15) is 0 Å². The van der Waals surface area contributed by atoms with Crippen molar-refractivity contribution >= 4 is 41.7 Å². The Bertz CT molecular complexity index is 696. The van der Waals surface area contributed by atoms with Gasteiger partial charge in [0.2, 0.25) is 0 Å². The molecule has 7 nitrogen and oxygen atoms in total. The maximum absolute atomic E-state index is 10.4. The number of carbonyl (C=O) groups is 3. The molecule has 0 fully saturated rings. The molecule has 0 bridgehead atoms.